The molecule has 1 aromatic carbocycles. The van der Waals surface area contributed by atoms with Crippen LogP contribution in [0.25, 0.3) is 0 Å². The van der Waals surface area contributed by atoms with Crippen molar-refractivity contribution in [2.24, 2.45) is 5.92 Å². The van der Waals surface area contributed by atoms with E-state index in [9.17, 15) is 13.2 Å². The Morgan fingerprint density at radius 3 is 2.60 bits per heavy atom. The maximum absolute atomic E-state index is 14.0. The van der Waals surface area contributed by atoms with E-state index in [4.69, 9.17) is 4.74 Å². The van der Waals surface area contributed by atoms with Crippen LogP contribution in [0.1, 0.15) is 73.6 Å². The summed E-state index contributed by atoms with van der Waals surface area (Å²) in [6.07, 6.45) is 6.98. The zero-order valence-electron chi connectivity index (χ0n) is 21.0. The molecule has 0 amide bonds. The zero-order chi connectivity index (χ0) is 24.7. The molecule has 1 aromatic heterocycles. The van der Waals surface area contributed by atoms with Gasteiger partial charge in [0.15, 0.2) is 0 Å². The molecule has 1 fully saturated rings. The second-order valence-corrected chi connectivity index (χ2v) is 13.0. The van der Waals surface area contributed by atoms with Gasteiger partial charge >= 0.3 is 5.97 Å². The lowest BCUT2D eigenvalue weighted by Crippen LogP contribution is -2.43. The van der Waals surface area contributed by atoms with E-state index in [-0.39, 0.29) is 24.0 Å². The van der Waals surface area contributed by atoms with Crippen molar-refractivity contribution in [3.05, 3.63) is 45.8 Å². The highest BCUT2D eigenvalue weighted by atomic mass is 32.2. The van der Waals surface area contributed by atoms with Crippen molar-refractivity contribution < 1.29 is 17.9 Å². The molecule has 6 nitrogen and oxygen atoms in total. The summed E-state index contributed by atoms with van der Waals surface area (Å²) in [5.74, 6) is -0.105. The number of anilines is 1. The molecule has 0 unspecified atom stereocenters. The minimum Gasteiger partial charge on any atom is -0.465 e. The SMILES string of the molecule is CCCCN1[C@@H]2c3c(sc4c3CCCC4)N(S(=O)(=O)c3ccc(C)cc3)C[C@@H]2C[C@H]1C(=O)OCC. The number of likely N-dealkylation sites (tertiary alicyclic amines) is 1. The van der Waals surface area contributed by atoms with Gasteiger partial charge in [-0.15, -0.1) is 11.3 Å². The Hall–Kier alpha value is -1.90. The van der Waals surface area contributed by atoms with Gasteiger partial charge in [0.1, 0.15) is 11.0 Å². The second-order valence-electron chi connectivity index (χ2n) is 10.1. The highest BCUT2D eigenvalue weighted by Crippen LogP contribution is 2.55. The van der Waals surface area contributed by atoms with Gasteiger partial charge < -0.3 is 4.74 Å². The third-order valence-electron chi connectivity index (χ3n) is 7.78. The van der Waals surface area contributed by atoms with E-state index in [0.29, 0.717) is 24.5 Å². The van der Waals surface area contributed by atoms with E-state index < -0.39 is 10.0 Å². The third kappa shape index (κ3) is 4.31. The highest BCUT2D eigenvalue weighted by molar-refractivity contribution is 7.93. The van der Waals surface area contributed by atoms with Crippen LogP contribution in [0.4, 0.5) is 5.00 Å². The van der Waals surface area contributed by atoms with Gasteiger partial charge in [-0.25, -0.2) is 8.42 Å². The molecule has 5 rings (SSSR count). The average Bonchev–Trinajstić information content (AvgIpc) is 3.40. The van der Waals surface area contributed by atoms with Crippen LogP contribution < -0.4 is 4.31 Å². The van der Waals surface area contributed by atoms with Gasteiger partial charge in [0.25, 0.3) is 10.0 Å². The van der Waals surface area contributed by atoms with Crippen LogP contribution in [0.15, 0.2) is 29.2 Å². The van der Waals surface area contributed by atoms with Crippen LogP contribution in [-0.4, -0.2) is 45.0 Å². The number of carbonyl (C=O) groups excluding carboxylic acids is 1. The van der Waals surface area contributed by atoms with E-state index in [1.54, 1.807) is 27.8 Å². The van der Waals surface area contributed by atoms with Crippen molar-refractivity contribution >= 4 is 32.3 Å². The van der Waals surface area contributed by atoms with Crippen molar-refractivity contribution in [2.75, 3.05) is 24.0 Å². The van der Waals surface area contributed by atoms with E-state index >= 15 is 0 Å². The zero-order valence-corrected chi connectivity index (χ0v) is 22.6. The van der Waals surface area contributed by atoms with E-state index in [0.717, 1.165) is 55.6 Å². The Kier molecular flexibility index (Phi) is 6.98. The Labute approximate surface area is 213 Å². The average molecular weight is 517 g/mol. The fourth-order valence-electron chi connectivity index (χ4n) is 6.10. The first-order chi connectivity index (χ1) is 16.9. The number of sulfonamides is 1. The second kappa shape index (κ2) is 9.87. The van der Waals surface area contributed by atoms with Gasteiger partial charge in [-0.2, -0.15) is 0 Å². The Morgan fingerprint density at radius 1 is 1.14 bits per heavy atom. The third-order valence-corrected chi connectivity index (χ3v) is 11.0. The number of carbonyl (C=O) groups is 1. The first-order valence-corrected chi connectivity index (χ1v) is 15.3. The van der Waals surface area contributed by atoms with E-state index in [1.165, 1.54) is 16.0 Å². The number of aryl methyl sites for hydroxylation is 2. The molecule has 1 saturated heterocycles. The van der Waals surface area contributed by atoms with Crippen molar-refractivity contribution in [1.29, 1.82) is 0 Å². The Morgan fingerprint density at radius 2 is 1.89 bits per heavy atom. The number of esters is 1. The number of hydrogen-bond donors (Lipinski definition) is 0. The molecule has 0 spiro atoms. The summed E-state index contributed by atoms with van der Waals surface area (Å²) in [5.41, 5.74) is 3.56. The lowest BCUT2D eigenvalue weighted by Gasteiger charge is -2.39. The van der Waals surface area contributed by atoms with Crippen molar-refractivity contribution in [1.82, 2.24) is 4.90 Å². The normalized spacial score (nSPS) is 24.1. The van der Waals surface area contributed by atoms with Gasteiger partial charge in [-0.05, 0) is 82.5 Å². The van der Waals surface area contributed by atoms with Crippen LogP contribution in [0, 0.1) is 12.8 Å². The number of ether oxygens (including phenoxy) is 1. The number of hydrogen-bond acceptors (Lipinski definition) is 6. The van der Waals surface area contributed by atoms with Crippen molar-refractivity contribution in [3.8, 4) is 0 Å². The smallest absolute Gasteiger partial charge is 0.323 e. The minimum absolute atomic E-state index is 0.0645. The van der Waals surface area contributed by atoms with Gasteiger partial charge in [-0.3, -0.25) is 14.0 Å². The minimum atomic E-state index is -3.70. The van der Waals surface area contributed by atoms with Gasteiger partial charge in [0.2, 0.25) is 0 Å². The molecule has 0 saturated carbocycles. The van der Waals surface area contributed by atoms with Gasteiger partial charge in [-0.1, -0.05) is 31.0 Å². The maximum Gasteiger partial charge on any atom is 0.323 e. The fourth-order valence-corrected chi connectivity index (χ4v) is 9.29. The molecule has 2 aliphatic heterocycles. The number of benzene rings is 1. The summed E-state index contributed by atoms with van der Waals surface area (Å²) >= 11 is 1.67. The molecule has 2 aromatic rings. The molecule has 3 heterocycles. The maximum atomic E-state index is 14.0. The Bertz CT molecular complexity index is 1190. The van der Waals surface area contributed by atoms with Crippen LogP contribution in [0.2, 0.25) is 0 Å². The molecule has 3 aliphatic rings. The first kappa shape index (κ1) is 24.8. The number of rotatable bonds is 7. The van der Waals surface area contributed by atoms with Gasteiger partial charge in [0, 0.05) is 23.0 Å². The van der Waals surface area contributed by atoms with Crippen LogP contribution in [0.3, 0.4) is 0 Å². The summed E-state index contributed by atoms with van der Waals surface area (Å²) < 4.78 is 35.1. The van der Waals surface area contributed by atoms with Crippen LogP contribution in [-0.2, 0) is 32.4 Å². The lowest BCUT2D eigenvalue weighted by molar-refractivity contribution is -0.149. The number of nitrogens with zero attached hydrogens (tertiary/aromatic N) is 2. The lowest BCUT2D eigenvalue weighted by atomic mass is 9.85. The summed E-state index contributed by atoms with van der Waals surface area (Å²) in [5, 5.41) is 0.879. The topological polar surface area (TPSA) is 66.9 Å². The van der Waals surface area contributed by atoms with E-state index in [2.05, 4.69) is 11.8 Å². The fraction of sp³-hybridized carbons (Fsp3) is 0.593. The summed E-state index contributed by atoms with van der Waals surface area (Å²) in [6, 6.07) is 6.91. The molecular weight excluding hydrogens is 480 g/mol. The largest absolute Gasteiger partial charge is 0.465 e. The standard InChI is InChI=1S/C27H36N2O4S2/c1-4-6-15-28-22(27(30)33-5-2)16-19-17-29(35(31,32)20-13-11-18(3)12-14-20)26-24(25(19)28)21-9-7-8-10-23(21)34-26/h11-14,19,22,25H,4-10,15-17H2,1-3H3/t19-,22-,25-/m0/s1. The number of fused-ring (bicyclic) bond motifs is 5. The van der Waals surface area contributed by atoms with E-state index in [1.807, 2.05) is 26.0 Å². The summed E-state index contributed by atoms with van der Waals surface area (Å²) in [6.45, 7) is 7.58. The predicted octanol–water partition coefficient (Wildman–Crippen LogP) is 5.24. The molecule has 3 atom stereocenters. The summed E-state index contributed by atoms with van der Waals surface area (Å²) in [7, 11) is -3.70. The molecule has 190 valence electrons. The monoisotopic (exact) mass is 516 g/mol. The molecule has 0 radical (unpaired) electrons. The quantitative estimate of drug-likeness (QED) is 0.471. The molecular formula is C27H36N2O4S2. The number of thiophene rings is 1. The Balaban J connectivity index is 1.62. The predicted molar refractivity (Wildman–Crippen MR) is 140 cm³/mol. The van der Waals surface area contributed by atoms with Crippen LogP contribution >= 0.6 is 11.3 Å². The molecule has 35 heavy (non-hydrogen) atoms. The first-order valence-electron chi connectivity index (χ1n) is 13.0. The molecule has 1 aliphatic carbocycles. The van der Waals surface area contributed by atoms with Crippen molar-refractivity contribution in [2.45, 2.75) is 82.7 Å². The highest BCUT2D eigenvalue weighted by Gasteiger charge is 2.52. The van der Waals surface area contributed by atoms with Crippen LogP contribution in [0.5, 0.6) is 0 Å². The van der Waals surface area contributed by atoms with Crippen molar-refractivity contribution in [3.63, 3.8) is 0 Å². The van der Waals surface area contributed by atoms with Gasteiger partial charge in [0.05, 0.1) is 11.5 Å². The number of unbranched alkanes of at least 4 members (excludes halogenated alkanes) is 1. The summed E-state index contributed by atoms with van der Waals surface area (Å²) in [4.78, 5) is 17.1. The molecule has 0 N–H and O–H groups in total. The molecule has 8 heteroatoms. The molecule has 0 bridgehead atoms.